The molecular weight excluding hydrogens is 397 g/mol. The van der Waals surface area contributed by atoms with E-state index in [9.17, 15) is 18.8 Å². The lowest BCUT2D eigenvalue weighted by Gasteiger charge is -2.08. The molecule has 25 heavy (non-hydrogen) atoms. The van der Waals surface area contributed by atoms with Crippen LogP contribution in [0.4, 0.5) is 10.1 Å². The summed E-state index contributed by atoms with van der Waals surface area (Å²) in [5.74, 6) is -1.96. The second-order valence-electron chi connectivity index (χ2n) is 5.09. The molecule has 3 aromatic rings. The predicted molar refractivity (Wildman–Crippen MR) is 91.9 cm³/mol. The van der Waals surface area contributed by atoms with Gasteiger partial charge in [0.25, 0.3) is 5.91 Å². The second-order valence-corrected chi connectivity index (χ2v) is 5.95. The molecule has 0 atom stereocenters. The molecule has 2 aromatic carbocycles. The van der Waals surface area contributed by atoms with Crippen molar-refractivity contribution in [2.24, 2.45) is 0 Å². The number of anilines is 1. The Hall–Kier alpha value is -2.94. The number of imidazole rings is 1. The van der Waals surface area contributed by atoms with E-state index in [1.54, 1.807) is 12.1 Å². The molecule has 9 heteroatoms. The quantitative estimate of drug-likeness (QED) is 0.578. The number of H-pyrrole nitrogens is 2. The van der Waals surface area contributed by atoms with E-state index in [-0.39, 0.29) is 11.3 Å². The number of esters is 1. The van der Waals surface area contributed by atoms with Gasteiger partial charge in [0.05, 0.1) is 22.3 Å². The molecule has 1 aromatic heterocycles. The van der Waals surface area contributed by atoms with Gasteiger partial charge in [-0.2, -0.15) is 0 Å². The van der Waals surface area contributed by atoms with Crippen molar-refractivity contribution < 1.29 is 18.7 Å². The summed E-state index contributed by atoms with van der Waals surface area (Å²) >= 11 is 3.28. The maximum atomic E-state index is 13.1. The Morgan fingerprint density at radius 1 is 1.16 bits per heavy atom. The molecule has 7 nitrogen and oxygen atoms in total. The van der Waals surface area contributed by atoms with Crippen LogP contribution in [0.2, 0.25) is 0 Å². The summed E-state index contributed by atoms with van der Waals surface area (Å²) in [7, 11) is 0. The van der Waals surface area contributed by atoms with E-state index < -0.39 is 24.3 Å². The van der Waals surface area contributed by atoms with Crippen molar-refractivity contribution in [3.05, 3.63) is 62.7 Å². The highest BCUT2D eigenvalue weighted by Gasteiger charge is 2.13. The number of carbonyl (C=O) groups excluding carboxylic acids is 2. The monoisotopic (exact) mass is 407 g/mol. The molecule has 0 unspecified atom stereocenters. The number of amides is 1. The SMILES string of the molecule is O=C(COC(=O)c1cccc(F)c1)Nc1cc2[nH]c(=O)[nH]c2cc1Br. The molecule has 3 rings (SSSR count). The van der Waals surface area contributed by atoms with Crippen LogP contribution in [0.3, 0.4) is 0 Å². The third-order valence-corrected chi connectivity index (χ3v) is 3.93. The molecule has 1 amide bonds. The number of rotatable bonds is 4. The van der Waals surface area contributed by atoms with Crippen molar-refractivity contribution in [2.75, 3.05) is 11.9 Å². The van der Waals surface area contributed by atoms with Gasteiger partial charge in [-0.05, 0) is 46.3 Å². The summed E-state index contributed by atoms with van der Waals surface area (Å²) in [5.41, 5.74) is 1.14. The standard InChI is InChI=1S/C16H11BrFN3O4/c17-10-5-12-13(21-16(24)20-12)6-11(10)19-14(22)7-25-15(23)8-2-1-3-9(18)4-8/h1-6H,7H2,(H,19,22)(H2,20,21,24). The van der Waals surface area contributed by atoms with E-state index in [1.165, 1.54) is 18.2 Å². The lowest BCUT2D eigenvalue weighted by molar-refractivity contribution is -0.119. The molecule has 0 saturated heterocycles. The highest BCUT2D eigenvalue weighted by molar-refractivity contribution is 9.10. The zero-order valence-corrected chi connectivity index (χ0v) is 14.1. The largest absolute Gasteiger partial charge is 0.452 e. The summed E-state index contributed by atoms with van der Waals surface area (Å²) in [6.07, 6.45) is 0. The van der Waals surface area contributed by atoms with Crippen molar-refractivity contribution in [1.29, 1.82) is 0 Å². The van der Waals surface area contributed by atoms with Crippen LogP contribution in [-0.4, -0.2) is 28.5 Å². The first-order chi connectivity index (χ1) is 11.9. The Balaban J connectivity index is 1.65. The van der Waals surface area contributed by atoms with Crippen LogP contribution in [-0.2, 0) is 9.53 Å². The van der Waals surface area contributed by atoms with E-state index in [0.717, 1.165) is 6.07 Å². The Kier molecular flexibility index (Phi) is 4.66. The van der Waals surface area contributed by atoms with Crippen molar-refractivity contribution in [2.45, 2.75) is 0 Å². The maximum absolute atomic E-state index is 13.1. The average Bonchev–Trinajstić information content (AvgIpc) is 2.92. The smallest absolute Gasteiger partial charge is 0.338 e. The van der Waals surface area contributed by atoms with Gasteiger partial charge in [0.1, 0.15) is 5.82 Å². The molecule has 0 aliphatic carbocycles. The van der Waals surface area contributed by atoms with Crippen LogP contribution in [0.25, 0.3) is 11.0 Å². The molecule has 3 N–H and O–H groups in total. The highest BCUT2D eigenvalue weighted by Crippen LogP contribution is 2.26. The Morgan fingerprint density at radius 3 is 2.60 bits per heavy atom. The van der Waals surface area contributed by atoms with Gasteiger partial charge in [-0.3, -0.25) is 4.79 Å². The number of hydrogen-bond donors (Lipinski definition) is 3. The molecule has 128 valence electrons. The fraction of sp³-hybridized carbons (Fsp3) is 0.0625. The third kappa shape index (κ3) is 3.94. The topological polar surface area (TPSA) is 104 Å². The van der Waals surface area contributed by atoms with Crippen LogP contribution in [0.5, 0.6) is 0 Å². The van der Waals surface area contributed by atoms with E-state index in [2.05, 4.69) is 31.2 Å². The Bertz CT molecular complexity index is 1030. The number of benzene rings is 2. The number of carbonyl (C=O) groups is 2. The van der Waals surface area contributed by atoms with Crippen LogP contribution in [0.1, 0.15) is 10.4 Å². The number of aromatic nitrogens is 2. The molecule has 0 bridgehead atoms. The van der Waals surface area contributed by atoms with Gasteiger partial charge in [-0.1, -0.05) is 6.07 Å². The Morgan fingerprint density at radius 2 is 1.88 bits per heavy atom. The summed E-state index contributed by atoms with van der Waals surface area (Å²) < 4.78 is 18.5. The van der Waals surface area contributed by atoms with Gasteiger partial charge < -0.3 is 20.0 Å². The minimum Gasteiger partial charge on any atom is -0.452 e. The minimum atomic E-state index is -0.806. The van der Waals surface area contributed by atoms with E-state index in [0.29, 0.717) is 21.2 Å². The molecule has 0 fully saturated rings. The van der Waals surface area contributed by atoms with Crippen molar-refractivity contribution >= 4 is 44.5 Å². The van der Waals surface area contributed by atoms with E-state index in [1.807, 2.05) is 0 Å². The van der Waals surface area contributed by atoms with Crippen LogP contribution < -0.4 is 11.0 Å². The molecule has 1 heterocycles. The van der Waals surface area contributed by atoms with Crippen molar-refractivity contribution in [3.8, 4) is 0 Å². The van der Waals surface area contributed by atoms with Gasteiger partial charge >= 0.3 is 11.7 Å². The number of ether oxygens (including phenoxy) is 1. The summed E-state index contributed by atoms with van der Waals surface area (Å²) in [6.45, 7) is -0.538. The maximum Gasteiger partial charge on any atom is 0.338 e. The van der Waals surface area contributed by atoms with Gasteiger partial charge in [0.15, 0.2) is 6.61 Å². The second kappa shape index (κ2) is 6.89. The number of nitrogens with one attached hydrogen (secondary N) is 3. The fourth-order valence-corrected chi connectivity index (χ4v) is 2.61. The first-order valence-electron chi connectivity index (χ1n) is 7.06. The van der Waals surface area contributed by atoms with E-state index in [4.69, 9.17) is 4.74 Å². The first-order valence-corrected chi connectivity index (χ1v) is 7.86. The number of fused-ring (bicyclic) bond motifs is 1. The van der Waals surface area contributed by atoms with Gasteiger partial charge in [-0.25, -0.2) is 14.0 Å². The number of halogens is 2. The lowest BCUT2D eigenvalue weighted by Crippen LogP contribution is -2.21. The zero-order chi connectivity index (χ0) is 18.0. The average molecular weight is 408 g/mol. The third-order valence-electron chi connectivity index (χ3n) is 3.27. The number of hydrogen-bond acceptors (Lipinski definition) is 4. The predicted octanol–water partition coefficient (Wildman–Crippen LogP) is 2.55. The summed E-state index contributed by atoms with van der Waals surface area (Å²) in [4.78, 5) is 40.2. The Labute approximate surface area is 148 Å². The van der Waals surface area contributed by atoms with E-state index >= 15 is 0 Å². The van der Waals surface area contributed by atoms with Crippen LogP contribution in [0, 0.1) is 5.82 Å². The number of aromatic amines is 2. The first kappa shape index (κ1) is 16.9. The van der Waals surface area contributed by atoms with Crippen molar-refractivity contribution in [1.82, 2.24) is 9.97 Å². The minimum absolute atomic E-state index is 0.0142. The zero-order valence-electron chi connectivity index (χ0n) is 12.6. The summed E-state index contributed by atoms with van der Waals surface area (Å²) in [5, 5.41) is 2.56. The van der Waals surface area contributed by atoms with Gasteiger partial charge in [0, 0.05) is 4.47 Å². The molecule has 0 radical (unpaired) electrons. The molecular formula is C16H11BrFN3O4. The van der Waals surface area contributed by atoms with Crippen LogP contribution in [0.15, 0.2) is 45.7 Å². The molecule has 0 saturated carbocycles. The molecule has 0 aliphatic rings. The molecule has 0 aliphatic heterocycles. The summed E-state index contributed by atoms with van der Waals surface area (Å²) in [6, 6.07) is 8.16. The van der Waals surface area contributed by atoms with Crippen molar-refractivity contribution in [3.63, 3.8) is 0 Å². The van der Waals surface area contributed by atoms with Crippen LogP contribution >= 0.6 is 15.9 Å². The molecule has 0 spiro atoms. The van der Waals surface area contributed by atoms with Gasteiger partial charge in [-0.15, -0.1) is 0 Å². The fourth-order valence-electron chi connectivity index (χ4n) is 2.17. The van der Waals surface area contributed by atoms with Gasteiger partial charge in [0.2, 0.25) is 0 Å². The normalized spacial score (nSPS) is 10.6. The lowest BCUT2D eigenvalue weighted by atomic mass is 10.2. The highest BCUT2D eigenvalue weighted by atomic mass is 79.9.